The van der Waals surface area contributed by atoms with E-state index in [9.17, 15) is 9.18 Å². The molecule has 1 aliphatic rings. The van der Waals surface area contributed by atoms with Crippen LogP contribution in [0.1, 0.15) is 11.1 Å². The van der Waals surface area contributed by atoms with Crippen LogP contribution >= 0.6 is 11.3 Å². The summed E-state index contributed by atoms with van der Waals surface area (Å²) < 4.78 is 15.8. The lowest BCUT2D eigenvalue weighted by Gasteiger charge is -2.37. The lowest BCUT2D eigenvalue weighted by atomic mass is 10.1. The number of anilines is 1. The monoisotopic (exact) mass is 490 g/mol. The third-order valence-corrected chi connectivity index (χ3v) is 7.87. The van der Waals surface area contributed by atoms with Crippen LogP contribution in [0.15, 0.2) is 60.0 Å². The van der Waals surface area contributed by atoms with E-state index in [1.807, 2.05) is 28.1 Å². The van der Waals surface area contributed by atoms with Crippen LogP contribution in [0.25, 0.3) is 21.5 Å². The first-order valence-corrected chi connectivity index (χ1v) is 13.0. The van der Waals surface area contributed by atoms with Gasteiger partial charge in [0.25, 0.3) is 0 Å². The molecule has 0 spiro atoms. The van der Waals surface area contributed by atoms with Gasteiger partial charge in [0.2, 0.25) is 5.91 Å². The van der Waals surface area contributed by atoms with Crippen molar-refractivity contribution in [1.29, 1.82) is 0 Å². The van der Waals surface area contributed by atoms with Crippen LogP contribution in [-0.4, -0.2) is 54.6 Å². The summed E-state index contributed by atoms with van der Waals surface area (Å²) in [6.45, 7) is 9.98. The Bertz CT molecular complexity index is 1320. The number of amides is 1. The second-order valence-corrected chi connectivity index (χ2v) is 10.1. The summed E-state index contributed by atoms with van der Waals surface area (Å²) in [4.78, 5) is 18.8. The molecule has 182 valence electrons. The van der Waals surface area contributed by atoms with Crippen molar-refractivity contribution in [3.05, 3.63) is 76.9 Å². The van der Waals surface area contributed by atoms with E-state index in [4.69, 9.17) is 0 Å². The summed E-state index contributed by atoms with van der Waals surface area (Å²) in [5, 5.41) is 5.91. The van der Waals surface area contributed by atoms with E-state index in [0.717, 1.165) is 54.2 Å². The first-order chi connectivity index (χ1) is 17.0. The van der Waals surface area contributed by atoms with Gasteiger partial charge in [0, 0.05) is 55.9 Å². The molecule has 0 unspecified atom stereocenters. The van der Waals surface area contributed by atoms with Crippen molar-refractivity contribution >= 4 is 33.8 Å². The maximum Gasteiger partial charge on any atom is 0.240 e. The Kier molecular flexibility index (Phi) is 6.88. The molecular weight excluding hydrogens is 459 g/mol. The molecule has 5 rings (SSSR count). The van der Waals surface area contributed by atoms with Crippen molar-refractivity contribution in [3.8, 4) is 10.6 Å². The Morgan fingerprint density at radius 2 is 1.86 bits per heavy atom. The second kappa shape index (κ2) is 10.2. The van der Waals surface area contributed by atoms with Gasteiger partial charge < -0.3 is 14.8 Å². The van der Waals surface area contributed by atoms with Gasteiger partial charge in [-0.25, -0.2) is 4.39 Å². The fraction of sp³-hybridized carbons (Fsp3) is 0.321. The Labute approximate surface area is 209 Å². The van der Waals surface area contributed by atoms with Gasteiger partial charge in [-0.15, -0.1) is 11.3 Å². The highest BCUT2D eigenvalue weighted by Gasteiger charge is 2.19. The van der Waals surface area contributed by atoms with Gasteiger partial charge in [0.15, 0.2) is 0 Å². The Balaban J connectivity index is 1.17. The van der Waals surface area contributed by atoms with E-state index in [1.165, 1.54) is 28.9 Å². The van der Waals surface area contributed by atoms with Gasteiger partial charge in [-0.2, -0.15) is 0 Å². The van der Waals surface area contributed by atoms with E-state index in [-0.39, 0.29) is 18.3 Å². The molecule has 0 saturated carbocycles. The average molecular weight is 491 g/mol. The first-order valence-electron chi connectivity index (χ1n) is 12.1. The number of aromatic nitrogens is 1. The molecule has 4 aromatic rings. The van der Waals surface area contributed by atoms with Crippen LogP contribution in [0.4, 0.5) is 10.1 Å². The number of benzene rings is 2. The van der Waals surface area contributed by atoms with Gasteiger partial charge in [-0.05, 0) is 66.8 Å². The number of nitrogens with one attached hydrogen (secondary N) is 1. The molecule has 0 atom stereocenters. The fourth-order valence-corrected chi connectivity index (χ4v) is 5.63. The molecule has 1 amide bonds. The Hall–Kier alpha value is -3.16. The summed E-state index contributed by atoms with van der Waals surface area (Å²) in [7, 11) is 0. The topological polar surface area (TPSA) is 40.5 Å². The van der Waals surface area contributed by atoms with Gasteiger partial charge >= 0.3 is 0 Å². The highest BCUT2D eigenvalue weighted by Crippen LogP contribution is 2.31. The molecule has 1 fully saturated rings. The molecule has 0 bridgehead atoms. The lowest BCUT2D eigenvalue weighted by Crippen LogP contribution is -2.48. The zero-order valence-corrected chi connectivity index (χ0v) is 21.1. The molecule has 1 saturated heterocycles. The third kappa shape index (κ3) is 5.11. The second-order valence-electron chi connectivity index (χ2n) is 9.19. The number of carbonyl (C=O) groups is 1. The number of piperazine rings is 1. The minimum atomic E-state index is -0.269. The largest absolute Gasteiger partial charge is 0.369 e. The zero-order chi connectivity index (χ0) is 24.4. The van der Waals surface area contributed by atoms with Crippen LogP contribution in [0.3, 0.4) is 0 Å². The highest BCUT2D eigenvalue weighted by molar-refractivity contribution is 7.13. The molecule has 3 heterocycles. The molecule has 0 radical (unpaired) electrons. The van der Waals surface area contributed by atoms with Crippen LogP contribution < -0.4 is 10.2 Å². The van der Waals surface area contributed by atoms with Crippen LogP contribution in [0.5, 0.6) is 0 Å². The Morgan fingerprint density at radius 3 is 2.63 bits per heavy atom. The molecule has 5 nitrogen and oxygen atoms in total. The van der Waals surface area contributed by atoms with Crippen LogP contribution in [0, 0.1) is 19.7 Å². The summed E-state index contributed by atoms with van der Waals surface area (Å²) >= 11 is 1.62. The number of rotatable bonds is 7. The SMILES string of the molecule is Cc1cccc(N2CCN(CCNC(=O)Cn3c(-c4cccs4)cc4cc(F)ccc43)CC2)c1C. The van der Waals surface area contributed by atoms with Crippen molar-refractivity contribution in [2.75, 3.05) is 44.2 Å². The first kappa shape index (κ1) is 23.6. The number of aryl methyl sites for hydroxylation is 1. The van der Waals surface area contributed by atoms with Crippen molar-refractivity contribution in [2.45, 2.75) is 20.4 Å². The predicted molar refractivity (Wildman–Crippen MR) is 143 cm³/mol. The van der Waals surface area contributed by atoms with Crippen LogP contribution in [-0.2, 0) is 11.3 Å². The standard InChI is InChI=1S/C28H31FN4OS/c1-20-5-3-6-24(21(20)2)32-14-12-31(13-15-32)11-10-30-28(34)19-33-25-9-8-23(29)17-22(25)18-26(33)27-7-4-16-35-27/h3-9,16-18H,10-15,19H2,1-2H3,(H,30,34). The number of carbonyl (C=O) groups excluding carboxylic acids is 1. The van der Waals surface area contributed by atoms with E-state index in [0.29, 0.717) is 6.54 Å². The molecule has 1 aliphatic heterocycles. The van der Waals surface area contributed by atoms with Gasteiger partial charge in [-0.3, -0.25) is 9.69 Å². The maximum absolute atomic E-state index is 13.8. The molecule has 1 N–H and O–H groups in total. The predicted octanol–water partition coefficient (Wildman–Crippen LogP) is 5.06. The minimum Gasteiger partial charge on any atom is -0.369 e. The van der Waals surface area contributed by atoms with Crippen molar-refractivity contribution in [3.63, 3.8) is 0 Å². The molecule has 2 aromatic heterocycles. The van der Waals surface area contributed by atoms with Gasteiger partial charge in [0.1, 0.15) is 12.4 Å². The quantitative estimate of drug-likeness (QED) is 0.394. The van der Waals surface area contributed by atoms with Crippen molar-refractivity contribution in [1.82, 2.24) is 14.8 Å². The number of hydrogen-bond acceptors (Lipinski definition) is 4. The van der Waals surface area contributed by atoms with E-state index >= 15 is 0 Å². The number of nitrogens with zero attached hydrogens (tertiary/aromatic N) is 3. The minimum absolute atomic E-state index is 0.0290. The number of fused-ring (bicyclic) bond motifs is 1. The number of hydrogen-bond donors (Lipinski definition) is 1. The highest BCUT2D eigenvalue weighted by atomic mass is 32.1. The summed E-state index contributed by atoms with van der Waals surface area (Å²) in [5.74, 6) is -0.298. The molecule has 2 aromatic carbocycles. The molecule has 7 heteroatoms. The molecule has 35 heavy (non-hydrogen) atoms. The summed E-state index contributed by atoms with van der Waals surface area (Å²) in [6.07, 6.45) is 0. The average Bonchev–Trinajstić information content (AvgIpc) is 3.50. The number of thiophene rings is 1. The van der Waals surface area contributed by atoms with Crippen LogP contribution in [0.2, 0.25) is 0 Å². The van der Waals surface area contributed by atoms with Crippen molar-refractivity contribution in [2.24, 2.45) is 0 Å². The van der Waals surface area contributed by atoms with Gasteiger partial charge in [-0.1, -0.05) is 18.2 Å². The van der Waals surface area contributed by atoms with E-state index in [2.05, 4.69) is 47.2 Å². The molecular formula is C28H31FN4OS. The summed E-state index contributed by atoms with van der Waals surface area (Å²) in [6, 6.07) is 17.2. The fourth-order valence-electron chi connectivity index (χ4n) is 4.88. The van der Waals surface area contributed by atoms with Gasteiger partial charge in [0.05, 0.1) is 10.6 Å². The van der Waals surface area contributed by atoms with E-state index < -0.39 is 0 Å². The zero-order valence-electron chi connectivity index (χ0n) is 20.3. The van der Waals surface area contributed by atoms with Crippen molar-refractivity contribution < 1.29 is 9.18 Å². The smallest absolute Gasteiger partial charge is 0.240 e. The third-order valence-electron chi connectivity index (χ3n) is 6.98. The van der Waals surface area contributed by atoms with E-state index in [1.54, 1.807) is 17.4 Å². The maximum atomic E-state index is 13.8. The lowest BCUT2D eigenvalue weighted by molar-refractivity contribution is -0.121. The summed E-state index contributed by atoms with van der Waals surface area (Å²) in [5.41, 5.74) is 5.83. The number of halogens is 1. The molecule has 0 aliphatic carbocycles. The Morgan fingerprint density at radius 1 is 1.03 bits per heavy atom. The normalized spacial score (nSPS) is 14.5.